The second-order valence-corrected chi connectivity index (χ2v) is 5.77. The van der Waals surface area contributed by atoms with Crippen molar-refractivity contribution in [1.82, 2.24) is 4.98 Å². The van der Waals surface area contributed by atoms with E-state index in [1.807, 2.05) is 25.1 Å². The zero-order valence-corrected chi connectivity index (χ0v) is 14.3. The number of ether oxygens (including phenoxy) is 1. The zero-order valence-electron chi connectivity index (χ0n) is 14.3. The molecule has 0 fully saturated rings. The Hall–Kier alpha value is -3.25. The van der Waals surface area contributed by atoms with Crippen molar-refractivity contribution in [3.8, 4) is 29.0 Å². The molecule has 6 heteroatoms. The van der Waals surface area contributed by atoms with Crippen molar-refractivity contribution in [1.29, 1.82) is 10.5 Å². The molecule has 0 bridgehead atoms. The molecule has 1 aromatic carbocycles. The standard InChI is InChI=1S/C19H20N4O2/c1-3-4-5-8-25-16-7-6-12(2)9-13(16)17-14(10-20)18(22)23-19(24)15(17)11-21/h6-7,9H,3-5,8H2,1-2H3,(H3,22,23,24). The Morgan fingerprint density at radius 2 is 1.92 bits per heavy atom. The number of nitrogen functional groups attached to an aromatic ring is 1. The smallest absolute Gasteiger partial charge is 0.268 e. The van der Waals surface area contributed by atoms with Crippen LogP contribution in [0.3, 0.4) is 0 Å². The SMILES string of the molecule is CCCCCOc1ccc(C)cc1-c1c(C#N)c(N)[nH]c(=O)c1C#N. The summed E-state index contributed by atoms with van der Waals surface area (Å²) in [4.78, 5) is 14.5. The van der Waals surface area contributed by atoms with Crippen LogP contribution >= 0.6 is 0 Å². The highest BCUT2D eigenvalue weighted by Gasteiger charge is 2.21. The first-order valence-electron chi connectivity index (χ1n) is 8.13. The molecule has 128 valence electrons. The predicted octanol–water partition coefficient (Wildman–Crippen LogP) is 3.24. The number of nitrogens with zero attached hydrogens (tertiary/aromatic N) is 2. The van der Waals surface area contributed by atoms with Gasteiger partial charge in [0, 0.05) is 11.1 Å². The molecule has 0 amide bonds. The molecule has 25 heavy (non-hydrogen) atoms. The van der Waals surface area contributed by atoms with Gasteiger partial charge in [-0.25, -0.2) is 0 Å². The Bertz CT molecular complexity index is 917. The van der Waals surface area contributed by atoms with E-state index < -0.39 is 5.56 Å². The number of benzene rings is 1. The van der Waals surface area contributed by atoms with Crippen molar-refractivity contribution in [3.63, 3.8) is 0 Å². The number of rotatable bonds is 6. The maximum absolute atomic E-state index is 12.1. The van der Waals surface area contributed by atoms with Crippen LogP contribution in [0.15, 0.2) is 23.0 Å². The minimum Gasteiger partial charge on any atom is -0.493 e. The van der Waals surface area contributed by atoms with Crippen LogP contribution in [0.2, 0.25) is 0 Å². The van der Waals surface area contributed by atoms with Crippen LogP contribution in [0.1, 0.15) is 42.9 Å². The fourth-order valence-corrected chi connectivity index (χ4v) is 2.61. The molecule has 6 nitrogen and oxygen atoms in total. The highest BCUT2D eigenvalue weighted by Crippen LogP contribution is 2.36. The van der Waals surface area contributed by atoms with Crippen LogP contribution in [0.4, 0.5) is 5.82 Å². The first kappa shape index (κ1) is 18.1. The molecule has 0 unspecified atom stereocenters. The molecule has 2 rings (SSSR count). The van der Waals surface area contributed by atoms with Crippen molar-refractivity contribution in [2.75, 3.05) is 12.3 Å². The molecular weight excluding hydrogens is 316 g/mol. The maximum atomic E-state index is 12.1. The van der Waals surface area contributed by atoms with Crippen LogP contribution < -0.4 is 16.0 Å². The van der Waals surface area contributed by atoms with Crippen molar-refractivity contribution in [3.05, 3.63) is 45.2 Å². The number of hydrogen-bond acceptors (Lipinski definition) is 5. The van der Waals surface area contributed by atoms with E-state index in [0.29, 0.717) is 17.9 Å². The molecular formula is C19H20N4O2. The Kier molecular flexibility index (Phi) is 5.81. The first-order valence-corrected chi connectivity index (χ1v) is 8.13. The van der Waals surface area contributed by atoms with Crippen molar-refractivity contribution in [2.24, 2.45) is 0 Å². The van der Waals surface area contributed by atoms with Crippen LogP contribution in [0.5, 0.6) is 5.75 Å². The quantitative estimate of drug-likeness (QED) is 0.786. The number of anilines is 1. The third-order valence-corrected chi connectivity index (χ3v) is 3.88. The van der Waals surface area contributed by atoms with Crippen LogP contribution in [0.25, 0.3) is 11.1 Å². The average Bonchev–Trinajstić information content (AvgIpc) is 2.59. The molecule has 1 heterocycles. The van der Waals surface area contributed by atoms with Gasteiger partial charge >= 0.3 is 0 Å². The number of aromatic nitrogens is 1. The molecule has 0 aliphatic heterocycles. The highest BCUT2D eigenvalue weighted by molar-refractivity contribution is 5.83. The third kappa shape index (κ3) is 3.81. The summed E-state index contributed by atoms with van der Waals surface area (Å²) in [5.41, 5.74) is 6.77. The maximum Gasteiger partial charge on any atom is 0.268 e. The lowest BCUT2D eigenvalue weighted by molar-refractivity contribution is 0.307. The number of hydrogen-bond donors (Lipinski definition) is 2. The Labute approximate surface area is 146 Å². The van der Waals surface area contributed by atoms with Gasteiger partial charge in [-0.15, -0.1) is 0 Å². The van der Waals surface area contributed by atoms with Crippen molar-refractivity contribution >= 4 is 5.82 Å². The van der Waals surface area contributed by atoms with E-state index in [0.717, 1.165) is 24.8 Å². The number of H-pyrrole nitrogens is 1. The van der Waals surface area contributed by atoms with E-state index in [1.54, 1.807) is 12.1 Å². The first-order chi connectivity index (χ1) is 12.0. The molecule has 2 aromatic rings. The summed E-state index contributed by atoms with van der Waals surface area (Å²) in [6.45, 7) is 4.51. The summed E-state index contributed by atoms with van der Waals surface area (Å²) in [7, 11) is 0. The molecule has 0 radical (unpaired) electrons. The lowest BCUT2D eigenvalue weighted by Crippen LogP contribution is -2.16. The number of nitrogens with two attached hydrogens (primary N) is 1. The van der Waals surface area contributed by atoms with Crippen LogP contribution in [-0.2, 0) is 0 Å². The number of aryl methyl sites for hydroxylation is 1. The fourth-order valence-electron chi connectivity index (χ4n) is 2.61. The van der Waals surface area contributed by atoms with E-state index in [4.69, 9.17) is 10.5 Å². The lowest BCUT2D eigenvalue weighted by atomic mass is 9.94. The predicted molar refractivity (Wildman–Crippen MR) is 96.1 cm³/mol. The summed E-state index contributed by atoms with van der Waals surface area (Å²) in [6, 6.07) is 9.33. The van der Waals surface area contributed by atoms with Gasteiger partial charge in [0.15, 0.2) is 0 Å². The van der Waals surface area contributed by atoms with Gasteiger partial charge in [0.1, 0.15) is 34.8 Å². The van der Waals surface area contributed by atoms with E-state index in [2.05, 4.69) is 11.9 Å². The van der Waals surface area contributed by atoms with Gasteiger partial charge in [0.25, 0.3) is 5.56 Å². The van der Waals surface area contributed by atoms with Gasteiger partial charge in [-0.1, -0.05) is 31.4 Å². The van der Waals surface area contributed by atoms with Gasteiger partial charge in [0.05, 0.1) is 6.61 Å². The second-order valence-electron chi connectivity index (χ2n) is 5.77. The molecule has 0 saturated carbocycles. The summed E-state index contributed by atoms with van der Waals surface area (Å²) in [5, 5.41) is 18.9. The number of unbranched alkanes of at least 4 members (excludes halogenated alkanes) is 2. The summed E-state index contributed by atoms with van der Waals surface area (Å²) in [6.07, 6.45) is 3.02. The van der Waals surface area contributed by atoms with Crippen LogP contribution in [0, 0.1) is 29.6 Å². The summed E-state index contributed by atoms with van der Waals surface area (Å²) in [5.74, 6) is 0.472. The monoisotopic (exact) mass is 336 g/mol. The van der Waals surface area contributed by atoms with E-state index >= 15 is 0 Å². The molecule has 1 aromatic heterocycles. The van der Waals surface area contributed by atoms with E-state index in [9.17, 15) is 15.3 Å². The van der Waals surface area contributed by atoms with Crippen molar-refractivity contribution < 1.29 is 4.74 Å². The van der Waals surface area contributed by atoms with Gasteiger partial charge in [-0.3, -0.25) is 4.79 Å². The van der Waals surface area contributed by atoms with Gasteiger partial charge in [-0.2, -0.15) is 10.5 Å². The molecule has 0 atom stereocenters. The largest absolute Gasteiger partial charge is 0.493 e. The van der Waals surface area contributed by atoms with Gasteiger partial charge in [0.2, 0.25) is 0 Å². The average molecular weight is 336 g/mol. The Balaban J connectivity index is 2.66. The third-order valence-electron chi connectivity index (χ3n) is 3.88. The number of pyridine rings is 1. The summed E-state index contributed by atoms with van der Waals surface area (Å²) < 4.78 is 5.86. The van der Waals surface area contributed by atoms with Crippen LogP contribution in [-0.4, -0.2) is 11.6 Å². The minimum atomic E-state index is -0.618. The number of nitriles is 2. The molecule has 0 aliphatic carbocycles. The van der Waals surface area contributed by atoms with Crippen molar-refractivity contribution in [2.45, 2.75) is 33.1 Å². The normalized spacial score (nSPS) is 10.1. The Morgan fingerprint density at radius 1 is 1.20 bits per heavy atom. The van der Waals surface area contributed by atoms with E-state index in [-0.39, 0.29) is 22.5 Å². The molecule has 0 saturated heterocycles. The van der Waals surface area contributed by atoms with E-state index in [1.165, 1.54) is 0 Å². The highest BCUT2D eigenvalue weighted by atomic mass is 16.5. The Morgan fingerprint density at radius 3 is 2.56 bits per heavy atom. The second kappa shape index (κ2) is 8.03. The fraction of sp³-hybridized carbons (Fsp3) is 0.316. The molecule has 0 aliphatic rings. The number of nitrogens with one attached hydrogen (secondary N) is 1. The van der Waals surface area contributed by atoms with Gasteiger partial charge < -0.3 is 15.5 Å². The molecule has 3 N–H and O–H groups in total. The van der Waals surface area contributed by atoms with Gasteiger partial charge in [-0.05, 0) is 25.5 Å². The lowest BCUT2D eigenvalue weighted by Gasteiger charge is -2.15. The molecule has 0 spiro atoms. The summed E-state index contributed by atoms with van der Waals surface area (Å²) >= 11 is 0. The minimum absolute atomic E-state index is 0.0556. The zero-order chi connectivity index (χ0) is 18.4. The topological polar surface area (TPSA) is 116 Å². The number of aromatic amines is 1.